The summed E-state index contributed by atoms with van der Waals surface area (Å²) < 4.78 is 17.6. The summed E-state index contributed by atoms with van der Waals surface area (Å²) in [6.07, 6.45) is 1.59. The quantitative estimate of drug-likeness (QED) is 0.144. The van der Waals surface area contributed by atoms with Gasteiger partial charge in [-0.3, -0.25) is 4.79 Å². The van der Waals surface area contributed by atoms with Crippen LogP contribution in [0.15, 0.2) is 5.16 Å². The minimum Gasteiger partial charge on any atom is -0.459 e. The first kappa shape index (κ1) is 37.9. The Morgan fingerprint density at radius 1 is 0.977 bits per heavy atom. The molecule has 2 aliphatic rings. The molecule has 2 aliphatic heterocycles. The van der Waals surface area contributed by atoms with Crippen molar-refractivity contribution in [3.8, 4) is 0 Å². The lowest BCUT2D eigenvalue weighted by Crippen LogP contribution is -2.56. The molecule has 4 unspecified atom stereocenters. The predicted octanol–water partition coefficient (Wildman–Crippen LogP) is 5.72. The molecule has 9 nitrogen and oxygen atoms in total. The van der Waals surface area contributed by atoms with Crippen LogP contribution in [0.1, 0.15) is 115 Å². The molecular formula is C34H63NO8. The summed E-state index contributed by atoms with van der Waals surface area (Å²) in [6.45, 7) is 21.7. The van der Waals surface area contributed by atoms with E-state index < -0.39 is 41.2 Å². The summed E-state index contributed by atoms with van der Waals surface area (Å²) in [5, 5.41) is 39.2. The first-order valence-electron chi connectivity index (χ1n) is 16.5. The Hall–Kier alpha value is -1.26. The van der Waals surface area contributed by atoms with Gasteiger partial charge in [0.2, 0.25) is 6.79 Å². The fraction of sp³-hybridized carbons (Fsp3) is 0.941. The minimum absolute atomic E-state index is 0.0222. The van der Waals surface area contributed by atoms with Crippen molar-refractivity contribution in [3.05, 3.63) is 0 Å². The lowest BCUT2D eigenvalue weighted by molar-refractivity contribution is -0.189. The highest BCUT2D eigenvalue weighted by atomic mass is 16.7. The number of carbonyl (C=O) groups is 1. The van der Waals surface area contributed by atoms with Crippen LogP contribution in [-0.4, -0.2) is 76.5 Å². The molecule has 3 N–H and O–H groups in total. The first-order valence-corrected chi connectivity index (χ1v) is 16.5. The number of hydrogen-bond acceptors (Lipinski definition) is 9. The van der Waals surface area contributed by atoms with E-state index in [1.807, 2.05) is 27.7 Å². The van der Waals surface area contributed by atoms with Gasteiger partial charge < -0.3 is 34.4 Å². The van der Waals surface area contributed by atoms with E-state index in [2.05, 4.69) is 39.8 Å². The molecule has 0 aromatic carbocycles. The maximum absolute atomic E-state index is 13.8. The summed E-state index contributed by atoms with van der Waals surface area (Å²) in [5.41, 5.74) is -2.23. The molecule has 0 amide bonds. The summed E-state index contributed by atoms with van der Waals surface area (Å²) in [7, 11) is 1.49. The second kappa shape index (κ2) is 15.4. The van der Waals surface area contributed by atoms with Gasteiger partial charge in [0.05, 0.1) is 35.5 Å². The van der Waals surface area contributed by atoms with Crippen molar-refractivity contribution in [2.75, 3.05) is 13.9 Å². The van der Waals surface area contributed by atoms with Gasteiger partial charge in [-0.15, -0.1) is 0 Å². The zero-order valence-corrected chi connectivity index (χ0v) is 29.1. The number of carbonyl (C=O) groups excluding carboxylic acids is 1. The summed E-state index contributed by atoms with van der Waals surface area (Å²) in [4.78, 5) is 19.2. The molecule has 2 heterocycles. The van der Waals surface area contributed by atoms with Gasteiger partial charge >= 0.3 is 5.97 Å². The molecule has 252 valence electrons. The Kier molecular flexibility index (Phi) is 13.5. The van der Waals surface area contributed by atoms with E-state index in [1.165, 1.54) is 14.0 Å². The molecule has 2 saturated heterocycles. The van der Waals surface area contributed by atoms with E-state index in [4.69, 9.17) is 19.0 Å². The highest BCUT2D eigenvalue weighted by Gasteiger charge is 2.48. The van der Waals surface area contributed by atoms with Crippen LogP contribution >= 0.6 is 0 Å². The number of ether oxygens (including phenoxy) is 3. The third-order valence-electron chi connectivity index (χ3n) is 11.2. The Morgan fingerprint density at radius 3 is 2.16 bits per heavy atom. The highest BCUT2D eigenvalue weighted by molar-refractivity contribution is 5.88. The van der Waals surface area contributed by atoms with Crippen LogP contribution < -0.4 is 0 Å². The normalized spacial score (nSPS) is 46.7. The van der Waals surface area contributed by atoms with Gasteiger partial charge in [0.1, 0.15) is 11.7 Å². The zero-order chi connectivity index (χ0) is 32.9. The standard InChI is InChI=1S/C34H63NO8/c1-13-28-34(11,39)30(36)23(6)29(35-41-19-40-12)21(4)17-33(10,38)16-20(3)27(22(5)31(37)43-28)15-26-18-32(9,14-2)24(7)25(8)42-26/h20-28,30,36,38-39H,13-19H2,1-12H3/b35-29+/t20-,21-,22?,23?,24+,25?,26+,27+,28-,30?,32-,33+,34-/m1/s1. The molecule has 0 aliphatic carbocycles. The van der Waals surface area contributed by atoms with Crippen LogP contribution in [0.25, 0.3) is 0 Å². The topological polar surface area (TPSA) is 127 Å². The molecule has 13 atom stereocenters. The maximum atomic E-state index is 13.8. The minimum atomic E-state index is -1.76. The molecule has 0 aromatic heterocycles. The van der Waals surface area contributed by atoms with Crippen molar-refractivity contribution in [2.24, 2.45) is 46.1 Å². The predicted molar refractivity (Wildman–Crippen MR) is 168 cm³/mol. The molecule has 0 spiro atoms. The first-order chi connectivity index (χ1) is 19.8. The van der Waals surface area contributed by atoms with E-state index in [-0.39, 0.29) is 42.2 Å². The van der Waals surface area contributed by atoms with Crippen molar-refractivity contribution < 1.29 is 39.2 Å². The van der Waals surface area contributed by atoms with E-state index in [0.29, 0.717) is 37.3 Å². The molecular weight excluding hydrogens is 550 g/mol. The maximum Gasteiger partial charge on any atom is 0.309 e. The Labute approximate surface area is 261 Å². The Balaban J connectivity index is 2.54. The molecule has 9 heteroatoms. The monoisotopic (exact) mass is 613 g/mol. The van der Waals surface area contributed by atoms with Gasteiger partial charge in [0.15, 0.2) is 0 Å². The van der Waals surface area contributed by atoms with Crippen LogP contribution in [0.2, 0.25) is 0 Å². The van der Waals surface area contributed by atoms with Gasteiger partial charge in [0, 0.05) is 18.9 Å². The third kappa shape index (κ3) is 9.15. The summed E-state index contributed by atoms with van der Waals surface area (Å²) in [6, 6.07) is 0. The SMILES string of the molecule is CC[C@H]1OC(=O)C(C)[C@@H](C[C@H]2C[C@@](C)(CC)[C@@H](C)C(C)O2)[C@H](C)C[C@](C)(O)C[C@@H](C)/C(=N\OCOC)C(C)C(O)[C@]1(C)O. The number of oxime groups is 1. The van der Waals surface area contributed by atoms with Gasteiger partial charge in [0.25, 0.3) is 0 Å². The number of cyclic esters (lactones) is 1. The van der Waals surface area contributed by atoms with Crippen molar-refractivity contribution in [1.29, 1.82) is 0 Å². The van der Waals surface area contributed by atoms with Gasteiger partial charge in [-0.25, -0.2) is 0 Å². The lowest BCUT2D eigenvalue weighted by Gasteiger charge is -2.48. The van der Waals surface area contributed by atoms with Gasteiger partial charge in [-0.05, 0) is 76.0 Å². The second-order valence-corrected chi connectivity index (χ2v) is 14.8. The fourth-order valence-electron chi connectivity index (χ4n) is 7.94. The van der Waals surface area contributed by atoms with Crippen molar-refractivity contribution in [2.45, 2.75) is 150 Å². The third-order valence-corrected chi connectivity index (χ3v) is 11.2. The number of aliphatic hydroxyl groups is 3. The number of aliphatic hydroxyl groups excluding tert-OH is 1. The smallest absolute Gasteiger partial charge is 0.309 e. The van der Waals surface area contributed by atoms with E-state index in [0.717, 1.165) is 12.8 Å². The Morgan fingerprint density at radius 2 is 1.60 bits per heavy atom. The largest absolute Gasteiger partial charge is 0.459 e. The summed E-state index contributed by atoms with van der Waals surface area (Å²) in [5.74, 6) is -1.60. The fourth-order valence-corrected chi connectivity index (χ4v) is 7.94. The van der Waals surface area contributed by atoms with Crippen LogP contribution in [0.4, 0.5) is 0 Å². The zero-order valence-electron chi connectivity index (χ0n) is 29.1. The average molecular weight is 614 g/mol. The Bertz CT molecular complexity index is 922. The van der Waals surface area contributed by atoms with Crippen LogP contribution in [-0.2, 0) is 23.8 Å². The molecule has 2 fully saturated rings. The van der Waals surface area contributed by atoms with Gasteiger partial charge in [-0.2, -0.15) is 0 Å². The van der Waals surface area contributed by atoms with Crippen LogP contribution in [0.5, 0.6) is 0 Å². The number of nitrogens with zero attached hydrogens (tertiary/aromatic N) is 1. The number of esters is 1. The van der Waals surface area contributed by atoms with Gasteiger partial charge in [-0.1, -0.05) is 67.0 Å². The molecule has 0 bridgehead atoms. The van der Waals surface area contributed by atoms with E-state index >= 15 is 0 Å². The van der Waals surface area contributed by atoms with Crippen LogP contribution in [0.3, 0.4) is 0 Å². The molecule has 0 aromatic rings. The van der Waals surface area contributed by atoms with E-state index in [9.17, 15) is 20.1 Å². The highest BCUT2D eigenvalue weighted by Crippen LogP contribution is 2.46. The average Bonchev–Trinajstić information content (AvgIpc) is 2.92. The number of rotatable bonds is 7. The number of hydrogen-bond donors (Lipinski definition) is 3. The summed E-state index contributed by atoms with van der Waals surface area (Å²) >= 11 is 0. The van der Waals surface area contributed by atoms with Crippen molar-refractivity contribution in [3.63, 3.8) is 0 Å². The molecule has 2 rings (SSSR count). The second-order valence-electron chi connectivity index (χ2n) is 14.8. The van der Waals surface area contributed by atoms with E-state index in [1.54, 1.807) is 6.92 Å². The molecule has 0 radical (unpaired) electrons. The molecule has 43 heavy (non-hydrogen) atoms. The van der Waals surface area contributed by atoms with Crippen molar-refractivity contribution in [1.82, 2.24) is 0 Å². The molecule has 0 saturated carbocycles. The van der Waals surface area contributed by atoms with Crippen LogP contribution in [0, 0.1) is 40.9 Å². The van der Waals surface area contributed by atoms with Crippen molar-refractivity contribution >= 4 is 11.7 Å². The number of methoxy groups -OCH3 is 1. The lowest BCUT2D eigenvalue weighted by atomic mass is 9.66.